The molecule has 0 saturated heterocycles. The molecule has 2 N–H and O–H groups in total. The van der Waals surface area contributed by atoms with Gasteiger partial charge in [-0.05, 0) is 30.5 Å². The first kappa shape index (κ1) is 12.2. The molecule has 0 saturated carbocycles. The maximum Gasteiger partial charge on any atom is 0.305 e. The summed E-state index contributed by atoms with van der Waals surface area (Å²) < 4.78 is 0.993. The van der Waals surface area contributed by atoms with Crippen LogP contribution >= 0.6 is 15.9 Å². The SMILES string of the molecule is O=C(O)C[C@H](O)CCc1cccc(Br)c1. The average Bonchev–Trinajstić information content (AvgIpc) is 2.14. The van der Waals surface area contributed by atoms with E-state index in [0.717, 1.165) is 10.0 Å². The number of aliphatic hydroxyl groups excluding tert-OH is 1. The number of halogens is 1. The van der Waals surface area contributed by atoms with Crippen molar-refractivity contribution in [3.8, 4) is 0 Å². The lowest BCUT2D eigenvalue weighted by Crippen LogP contribution is -2.13. The average molecular weight is 273 g/mol. The van der Waals surface area contributed by atoms with E-state index in [1.54, 1.807) is 0 Å². The van der Waals surface area contributed by atoms with E-state index in [1.165, 1.54) is 0 Å². The Morgan fingerprint density at radius 2 is 2.20 bits per heavy atom. The van der Waals surface area contributed by atoms with E-state index in [0.29, 0.717) is 12.8 Å². The van der Waals surface area contributed by atoms with E-state index in [-0.39, 0.29) is 6.42 Å². The summed E-state index contributed by atoms with van der Waals surface area (Å²) in [6.07, 6.45) is 0.214. The van der Waals surface area contributed by atoms with Crippen LogP contribution in [0.4, 0.5) is 0 Å². The summed E-state index contributed by atoms with van der Waals surface area (Å²) in [6, 6.07) is 7.77. The molecule has 3 nitrogen and oxygen atoms in total. The number of aryl methyl sites for hydroxylation is 1. The minimum absolute atomic E-state index is 0.187. The summed E-state index contributed by atoms with van der Waals surface area (Å²) in [4.78, 5) is 10.3. The third-order valence-corrected chi connectivity index (χ3v) is 2.56. The van der Waals surface area contributed by atoms with Crippen molar-refractivity contribution in [1.82, 2.24) is 0 Å². The first-order valence-corrected chi connectivity index (χ1v) is 5.51. The van der Waals surface area contributed by atoms with Gasteiger partial charge < -0.3 is 10.2 Å². The Morgan fingerprint density at radius 1 is 1.47 bits per heavy atom. The fraction of sp³-hybridized carbons (Fsp3) is 0.364. The van der Waals surface area contributed by atoms with Gasteiger partial charge in [0.05, 0.1) is 12.5 Å². The van der Waals surface area contributed by atoms with E-state index in [1.807, 2.05) is 24.3 Å². The number of benzene rings is 1. The van der Waals surface area contributed by atoms with E-state index < -0.39 is 12.1 Å². The largest absolute Gasteiger partial charge is 0.481 e. The van der Waals surface area contributed by atoms with Crippen LogP contribution in [-0.2, 0) is 11.2 Å². The molecule has 0 radical (unpaired) electrons. The molecule has 1 aromatic carbocycles. The van der Waals surface area contributed by atoms with Crippen molar-refractivity contribution in [3.63, 3.8) is 0 Å². The van der Waals surface area contributed by atoms with Crippen LogP contribution < -0.4 is 0 Å². The zero-order valence-corrected chi connectivity index (χ0v) is 9.77. The Bertz CT molecular complexity index is 338. The smallest absolute Gasteiger partial charge is 0.305 e. The van der Waals surface area contributed by atoms with Crippen molar-refractivity contribution in [3.05, 3.63) is 34.3 Å². The summed E-state index contributed by atoms with van der Waals surface area (Å²) in [5, 5.41) is 17.8. The molecule has 0 amide bonds. The number of aliphatic carboxylic acids is 1. The lowest BCUT2D eigenvalue weighted by atomic mass is 10.1. The molecule has 1 aromatic rings. The Labute approximate surface area is 96.9 Å². The van der Waals surface area contributed by atoms with Crippen molar-refractivity contribution in [2.75, 3.05) is 0 Å². The number of aliphatic hydroxyl groups is 1. The fourth-order valence-electron chi connectivity index (χ4n) is 1.33. The third kappa shape index (κ3) is 4.95. The van der Waals surface area contributed by atoms with Crippen LogP contribution in [0.1, 0.15) is 18.4 Å². The zero-order chi connectivity index (χ0) is 11.3. The van der Waals surface area contributed by atoms with E-state index >= 15 is 0 Å². The van der Waals surface area contributed by atoms with Gasteiger partial charge in [-0.3, -0.25) is 4.79 Å². The molecule has 4 heteroatoms. The molecular weight excluding hydrogens is 260 g/mol. The molecule has 0 aliphatic carbocycles. The highest BCUT2D eigenvalue weighted by Crippen LogP contribution is 2.14. The maximum atomic E-state index is 10.3. The Kier molecular flexibility index (Phi) is 4.78. The first-order chi connectivity index (χ1) is 7.08. The Morgan fingerprint density at radius 3 is 2.80 bits per heavy atom. The topological polar surface area (TPSA) is 57.5 Å². The van der Waals surface area contributed by atoms with Crippen LogP contribution in [0.3, 0.4) is 0 Å². The van der Waals surface area contributed by atoms with Crippen molar-refractivity contribution in [2.45, 2.75) is 25.4 Å². The highest BCUT2D eigenvalue weighted by molar-refractivity contribution is 9.10. The van der Waals surface area contributed by atoms with Gasteiger partial charge in [-0.15, -0.1) is 0 Å². The van der Waals surface area contributed by atoms with E-state index in [4.69, 9.17) is 5.11 Å². The molecule has 0 aliphatic rings. The maximum absolute atomic E-state index is 10.3. The van der Waals surface area contributed by atoms with Gasteiger partial charge in [-0.25, -0.2) is 0 Å². The minimum atomic E-state index is -0.961. The molecule has 0 fully saturated rings. The number of carboxylic acids is 1. The van der Waals surface area contributed by atoms with Gasteiger partial charge in [0.15, 0.2) is 0 Å². The Balaban J connectivity index is 2.40. The van der Waals surface area contributed by atoms with Gasteiger partial charge in [0.2, 0.25) is 0 Å². The summed E-state index contributed by atoms with van der Waals surface area (Å²) in [5.74, 6) is -0.961. The number of carbonyl (C=O) groups is 1. The summed E-state index contributed by atoms with van der Waals surface area (Å²) in [5.41, 5.74) is 1.09. The molecule has 0 aromatic heterocycles. The quantitative estimate of drug-likeness (QED) is 0.864. The molecular formula is C11H13BrO3. The highest BCUT2D eigenvalue weighted by atomic mass is 79.9. The number of hydrogen-bond acceptors (Lipinski definition) is 2. The van der Waals surface area contributed by atoms with Crippen molar-refractivity contribution < 1.29 is 15.0 Å². The molecule has 1 atom stereocenters. The predicted octanol–water partition coefficient (Wildman–Crippen LogP) is 2.22. The number of rotatable bonds is 5. The Hall–Kier alpha value is -0.870. The minimum Gasteiger partial charge on any atom is -0.481 e. The third-order valence-electron chi connectivity index (χ3n) is 2.07. The molecule has 0 aliphatic heterocycles. The molecule has 0 spiro atoms. The molecule has 15 heavy (non-hydrogen) atoms. The standard InChI is InChI=1S/C11H13BrO3/c12-9-3-1-2-8(6-9)4-5-10(13)7-11(14)15/h1-3,6,10,13H,4-5,7H2,(H,14,15)/t10-/m1/s1. The fourth-order valence-corrected chi connectivity index (χ4v) is 1.78. The van der Waals surface area contributed by atoms with Crippen molar-refractivity contribution in [2.24, 2.45) is 0 Å². The summed E-state index contributed by atoms with van der Waals surface area (Å²) in [7, 11) is 0. The molecule has 1 rings (SSSR count). The number of carboxylic acid groups (broad SMARTS) is 1. The molecule has 0 bridgehead atoms. The molecule has 0 heterocycles. The summed E-state index contributed by atoms with van der Waals surface area (Å²) in [6.45, 7) is 0. The zero-order valence-electron chi connectivity index (χ0n) is 8.19. The van der Waals surface area contributed by atoms with Gasteiger partial charge in [0.1, 0.15) is 0 Å². The second kappa shape index (κ2) is 5.88. The van der Waals surface area contributed by atoms with Crippen LogP contribution in [0.2, 0.25) is 0 Å². The van der Waals surface area contributed by atoms with Gasteiger partial charge in [0.25, 0.3) is 0 Å². The van der Waals surface area contributed by atoms with Gasteiger partial charge in [0, 0.05) is 4.47 Å². The predicted molar refractivity (Wildman–Crippen MR) is 60.7 cm³/mol. The van der Waals surface area contributed by atoms with E-state index in [2.05, 4.69) is 15.9 Å². The molecule has 0 unspecified atom stereocenters. The van der Waals surface area contributed by atoms with Crippen molar-refractivity contribution in [1.29, 1.82) is 0 Å². The van der Waals surface area contributed by atoms with Gasteiger partial charge in [-0.1, -0.05) is 28.1 Å². The lowest BCUT2D eigenvalue weighted by Gasteiger charge is -2.07. The normalized spacial score (nSPS) is 12.4. The van der Waals surface area contributed by atoms with Crippen molar-refractivity contribution >= 4 is 21.9 Å². The van der Waals surface area contributed by atoms with Gasteiger partial charge >= 0.3 is 5.97 Å². The van der Waals surface area contributed by atoms with Crippen LogP contribution in [0, 0.1) is 0 Å². The lowest BCUT2D eigenvalue weighted by molar-refractivity contribution is -0.139. The first-order valence-electron chi connectivity index (χ1n) is 4.72. The highest BCUT2D eigenvalue weighted by Gasteiger charge is 2.09. The van der Waals surface area contributed by atoms with E-state index in [9.17, 15) is 9.90 Å². The second-order valence-electron chi connectivity index (χ2n) is 3.42. The van der Waals surface area contributed by atoms with Crippen LogP contribution in [0.25, 0.3) is 0 Å². The van der Waals surface area contributed by atoms with Crippen LogP contribution in [-0.4, -0.2) is 22.3 Å². The van der Waals surface area contributed by atoms with Gasteiger partial charge in [-0.2, -0.15) is 0 Å². The number of hydrogen-bond donors (Lipinski definition) is 2. The summed E-state index contributed by atoms with van der Waals surface area (Å²) >= 11 is 3.35. The van der Waals surface area contributed by atoms with Crippen LogP contribution in [0.5, 0.6) is 0 Å². The van der Waals surface area contributed by atoms with Crippen LogP contribution in [0.15, 0.2) is 28.7 Å². The second-order valence-corrected chi connectivity index (χ2v) is 4.34. The molecule has 82 valence electrons. The monoisotopic (exact) mass is 272 g/mol.